The fraction of sp³-hybridized carbons (Fsp3) is 0.357. The molecule has 1 aromatic heterocycles. The Balaban J connectivity index is 0.000000829. The SMILES string of the molecule is CC.CC.CS(=O)(=O)Nc1ccccc1-c1ncco1. The molecule has 6 heteroatoms. The molecule has 0 atom stereocenters. The largest absolute Gasteiger partial charge is 0.444 e. The van der Waals surface area contributed by atoms with E-state index in [2.05, 4.69) is 9.71 Å². The van der Waals surface area contributed by atoms with Crippen LogP contribution < -0.4 is 4.72 Å². The first-order chi connectivity index (χ1) is 9.56. The summed E-state index contributed by atoms with van der Waals surface area (Å²) in [6, 6.07) is 6.91. The van der Waals surface area contributed by atoms with Crippen molar-refractivity contribution in [3.8, 4) is 11.5 Å². The molecule has 0 fully saturated rings. The quantitative estimate of drug-likeness (QED) is 0.936. The van der Waals surface area contributed by atoms with E-state index in [1.807, 2.05) is 27.7 Å². The molecular weight excluding hydrogens is 276 g/mol. The number of benzene rings is 1. The van der Waals surface area contributed by atoms with Crippen molar-refractivity contribution in [1.29, 1.82) is 0 Å². The van der Waals surface area contributed by atoms with Gasteiger partial charge in [0.2, 0.25) is 15.9 Å². The Hall–Kier alpha value is -1.82. The van der Waals surface area contributed by atoms with Crippen LogP contribution in [0, 0.1) is 0 Å². The van der Waals surface area contributed by atoms with Gasteiger partial charge in [0.1, 0.15) is 6.26 Å². The lowest BCUT2D eigenvalue weighted by atomic mass is 10.2. The monoisotopic (exact) mass is 298 g/mol. The summed E-state index contributed by atoms with van der Waals surface area (Å²) < 4.78 is 29.9. The van der Waals surface area contributed by atoms with Gasteiger partial charge in [-0.25, -0.2) is 13.4 Å². The number of anilines is 1. The van der Waals surface area contributed by atoms with E-state index in [1.54, 1.807) is 24.3 Å². The molecule has 20 heavy (non-hydrogen) atoms. The fourth-order valence-electron chi connectivity index (χ4n) is 1.31. The van der Waals surface area contributed by atoms with Crippen LogP contribution >= 0.6 is 0 Å². The summed E-state index contributed by atoms with van der Waals surface area (Å²) >= 11 is 0. The highest BCUT2D eigenvalue weighted by Crippen LogP contribution is 2.26. The highest BCUT2D eigenvalue weighted by molar-refractivity contribution is 7.92. The van der Waals surface area contributed by atoms with E-state index in [0.717, 1.165) is 6.26 Å². The van der Waals surface area contributed by atoms with E-state index in [1.165, 1.54) is 12.5 Å². The Morgan fingerprint density at radius 2 is 1.70 bits per heavy atom. The highest BCUT2D eigenvalue weighted by atomic mass is 32.2. The Kier molecular flexibility index (Phi) is 8.31. The van der Waals surface area contributed by atoms with Crippen LogP contribution in [-0.4, -0.2) is 19.7 Å². The minimum absolute atomic E-state index is 0.381. The molecule has 0 saturated carbocycles. The number of rotatable bonds is 3. The van der Waals surface area contributed by atoms with Gasteiger partial charge in [-0.15, -0.1) is 0 Å². The summed E-state index contributed by atoms with van der Waals surface area (Å²) in [5.74, 6) is 0.381. The molecule has 0 bridgehead atoms. The van der Waals surface area contributed by atoms with E-state index in [4.69, 9.17) is 4.42 Å². The first-order valence-corrected chi connectivity index (χ1v) is 8.42. The van der Waals surface area contributed by atoms with Crippen molar-refractivity contribution >= 4 is 15.7 Å². The maximum atomic E-state index is 11.2. The molecule has 1 heterocycles. The van der Waals surface area contributed by atoms with Crippen molar-refractivity contribution in [2.45, 2.75) is 27.7 Å². The summed E-state index contributed by atoms with van der Waals surface area (Å²) in [7, 11) is -3.31. The van der Waals surface area contributed by atoms with Gasteiger partial charge in [-0.3, -0.25) is 4.72 Å². The van der Waals surface area contributed by atoms with Gasteiger partial charge in [0, 0.05) is 0 Å². The van der Waals surface area contributed by atoms with Crippen molar-refractivity contribution in [2.24, 2.45) is 0 Å². The molecule has 5 nitrogen and oxygen atoms in total. The smallest absolute Gasteiger partial charge is 0.229 e. The minimum atomic E-state index is -3.31. The number of para-hydroxylation sites is 1. The van der Waals surface area contributed by atoms with Gasteiger partial charge in [0.15, 0.2) is 0 Å². The van der Waals surface area contributed by atoms with Crippen molar-refractivity contribution in [3.05, 3.63) is 36.7 Å². The molecule has 0 unspecified atom stereocenters. The van der Waals surface area contributed by atoms with E-state index in [0.29, 0.717) is 17.1 Å². The summed E-state index contributed by atoms with van der Waals surface area (Å²) in [6.07, 6.45) is 4.04. The first kappa shape index (κ1) is 18.2. The Bertz CT molecular complexity index is 578. The molecule has 2 rings (SSSR count). The summed E-state index contributed by atoms with van der Waals surface area (Å²) in [5.41, 5.74) is 1.06. The van der Waals surface area contributed by atoms with Gasteiger partial charge in [-0.1, -0.05) is 39.8 Å². The molecule has 0 saturated heterocycles. The molecule has 2 aromatic rings. The number of oxazole rings is 1. The van der Waals surface area contributed by atoms with Crippen LogP contribution in [0.5, 0.6) is 0 Å². The van der Waals surface area contributed by atoms with Gasteiger partial charge in [0.05, 0.1) is 23.7 Å². The third-order valence-corrected chi connectivity index (χ3v) is 2.48. The zero-order valence-electron chi connectivity index (χ0n) is 12.5. The summed E-state index contributed by atoms with van der Waals surface area (Å²) in [5, 5.41) is 0. The molecule has 0 aliphatic heterocycles. The third-order valence-electron chi connectivity index (χ3n) is 1.89. The molecule has 1 N–H and O–H groups in total. The molecule has 0 aliphatic carbocycles. The second kappa shape index (κ2) is 9.14. The minimum Gasteiger partial charge on any atom is -0.444 e. The zero-order valence-corrected chi connectivity index (χ0v) is 13.4. The van der Waals surface area contributed by atoms with Crippen LogP contribution in [0.1, 0.15) is 27.7 Å². The van der Waals surface area contributed by atoms with Crippen LogP contribution in [0.4, 0.5) is 5.69 Å². The van der Waals surface area contributed by atoms with Crippen molar-refractivity contribution < 1.29 is 12.8 Å². The van der Waals surface area contributed by atoms with Crippen LogP contribution in [-0.2, 0) is 10.0 Å². The molecule has 0 aliphatic rings. The maximum absolute atomic E-state index is 11.2. The Morgan fingerprint density at radius 3 is 2.20 bits per heavy atom. The average molecular weight is 298 g/mol. The van der Waals surface area contributed by atoms with Crippen molar-refractivity contribution in [3.63, 3.8) is 0 Å². The summed E-state index contributed by atoms with van der Waals surface area (Å²) in [6.45, 7) is 8.00. The second-order valence-corrected chi connectivity index (χ2v) is 5.01. The Labute approximate surface area is 121 Å². The molecular formula is C14H22N2O3S. The van der Waals surface area contributed by atoms with Gasteiger partial charge in [-0.2, -0.15) is 0 Å². The fourth-order valence-corrected chi connectivity index (χ4v) is 1.89. The standard InChI is InChI=1S/C10H10N2O3S.2C2H6/c1-16(13,14)12-9-5-3-2-4-8(9)10-11-6-7-15-10;2*1-2/h2-7,12H,1H3;2*1-2H3. The van der Waals surface area contributed by atoms with Crippen LogP contribution in [0.3, 0.4) is 0 Å². The number of aromatic nitrogens is 1. The average Bonchev–Trinajstić information content (AvgIpc) is 2.96. The van der Waals surface area contributed by atoms with E-state index in [9.17, 15) is 8.42 Å². The van der Waals surface area contributed by atoms with E-state index >= 15 is 0 Å². The number of nitrogens with one attached hydrogen (secondary N) is 1. The lowest BCUT2D eigenvalue weighted by Gasteiger charge is -2.07. The van der Waals surface area contributed by atoms with Crippen LogP contribution in [0.15, 0.2) is 41.1 Å². The third kappa shape index (κ3) is 5.88. The number of sulfonamides is 1. The molecule has 112 valence electrons. The molecule has 0 radical (unpaired) electrons. The zero-order chi connectivity index (χ0) is 15.6. The van der Waals surface area contributed by atoms with Crippen molar-refractivity contribution in [2.75, 3.05) is 11.0 Å². The summed E-state index contributed by atoms with van der Waals surface area (Å²) in [4.78, 5) is 3.98. The van der Waals surface area contributed by atoms with Crippen LogP contribution in [0.25, 0.3) is 11.5 Å². The number of hydrogen-bond donors (Lipinski definition) is 1. The van der Waals surface area contributed by atoms with Crippen molar-refractivity contribution in [1.82, 2.24) is 4.98 Å². The highest BCUT2D eigenvalue weighted by Gasteiger charge is 2.11. The predicted molar refractivity (Wildman–Crippen MR) is 83.1 cm³/mol. The van der Waals surface area contributed by atoms with Gasteiger partial charge in [-0.05, 0) is 12.1 Å². The topological polar surface area (TPSA) is 72.2 Å². The number of hydrogen-bond acceptors (Lipinski definition) is 4. The Morgan fingerprint density at radius 1 is 1.10 bits per heavy atom. The molecule has 0 amide bonds. The lowest BCUT2D eigenvalue weighted by molar-refractivity contribution is 0.575. The van der Waals surface area contributed by atoms with E-state index < -0.39 is 10.0 Å². The van der Waals surface area contributed by atoms with Gasteiger partial charge in [0.25, 0.3) is 0 Å². The van der Waals surface area contributed by atoms with Gasteiger partial charge < -0.3 is 4.42 Å². The molecule has 0 spiro atoms. The van der Waals surface area contributed by atoms with Crippen LogP contribution in [0.2, 0.25) is 0 Å². The maximum Gasteiger partial charge on any atom is 0.229 e. The first-order valence-electron chi connectivity index (χ1n) is 6.53. The predicted octanol–water partition coefficient (Wildman–Crippen LogP) is 3.77. The van der Waals surface area contributed by atoms with E-state index in [-0.39, 0.29) is 0 Å². The van der Waals surface area contributed by atoms with Gasteiger partial charge >= 0.3 is 0 Å². The second-order valence-electron chi connectivity index (χ2n) is 3.26. The normalized spacial score (nSPS) is 9.65. The molecule has 1 aromatic carbocycles. The number of nitrogens with zero attached hydrogens (tertiary/aromatic N) is 1. The lowest BCUT2D eigenvalue weighted by Crippen LogP contribution is -2.10.